The molecule has 3 aromatic rings. The van der Waals surface area contributed by atoms with E-state index >= 15 is 0 Å². The summed E-state index contributed by atoms with van der Waals surface area (Å²) < 4.78 is 0. The predicted molar refractivity (Wildman–Crippen MR) is 97.2 cm³/mol. The third kappa shape index (κ3) is 4.23. The van der Waals surface area contributed by atoms with Gasteiger partial charge in [-0.2, -0.15) is 0 Å². The molecule has 0 saturated carbocycles. The van der Waals surface area contributed by atoms with E-state index in [-0.39, 0.29) is 18.2 Å². The number of carbonyl (C=O) groups is 2. The number of H-pyrrole nitrogens is 1. The molecule has 3 rings (SSSR count). The average molecular weight is 336 g/mol. The van der Waals surface area contributed by atoms with Gasteiger partial charge >= 0.3 is 0 Å². The maximum Gasteiger partial charge on any atom is 0.248 e. The number of nitrogens with zero attached hydrogens (tertiary/aromatic N) is 1. The second kappa shape index (κ2) is 7.17. The molecule has 6 nitrogen and oxygen atoms in total. The zero-order valence-electron chi connectivity index (χ0n) is 14.2. The van der Waals surface area contributed by atoms with E-state index in [1.165, 1.54) is 0 Å². The number of hydrogen-bond acceptors (Lipinski definition) is 3. The molecule has 0 radical (unpaired) electrons. The Morgan fingerprint density at radius 2 is 1.84 bits per heavy atom. The summed E-state index contributed by atoms with van der Waals surface area (Å²) in [5, 5.41) is 5.39. The van der Waals surface area contributed by atoms with Crippen molar-refractivity contribution in [2.24, 2.45) is 0 Å². The first kappa shape index (κ1) is 16.7. The first-order valence-electron chi connectivity index (χ1n) is 8.12. The van der Waals surface area contributed by atoms with Gasteiger partial charge in [0.25, 0.3) is 0 Å². The Bertz CT molecular complexity index is 866. The number of aryl methyl sites for hydroxylation is 1. The smallest absolute Gasteiger partial charge is 0.248 e. The van der Waals surface area contributed by atoms with Gasteiger partial charge in [-0.15, -0.1) is 0 Å². The van der Waals surface area contributed by atoms with Crippen molar-refractivity contribution < 1.29 is 9.59 Å². The number of hydrogen-bond donors (Lipinski definition) is 3. The summed E-state index contributed by atoms with van der Waals surface area (Å²) in [5.41, 5.74) is 3.67. The van der Waals surface area contributed by atoms with E-state index in [0.717, 1.165) is 22.2 Å². The van der Waals surface area contributed by atoms with Crippen molar-refractivity contribution in [3.05, 3.63) is 59.7 Å². The summed E-state index contributed by atoms with van der Waals surface area (Å²) in [7, 11) is 0. The number of aromatic amines is 1. The zero-order chi connectivity index (χ0) is 17.8. The number of nitrogens with one attached hydrogen (secondary N) is 3. The Labute approximate surface area is 145 Å². The second-order valence-corrected chi connectivity index (χ2v) is 6.04. The molecule has 0 aliphatic rings. The quantitative estimate of drug-likeness (QED) is 0.669. The molecule has 128 valence electrons. The van der Waals surface area contributed by atoms with Crippen LogP contribution in [0.1, 0.15) is 18.1 Å². The van der Waals surface area contributed by atoms with Crippen molar-refractivity contribution in [2.75, 3.05) is 5.32 Å². The first-order chi connectivity index (χ1) is 12.0. The van der Waals surface area contributed by atoms with E-state index in [2.05, 4.69) is 20.6 Å². The van der Waals surface area contributed by atoms with Crippen molar-refractivity contribution in [2.45, 2.75) is 26.3 Å². The van der Waals surface area contributed by atoms with Crippen molar-refractivity contribution in [1.82, 2.24) is 15.3 Å². The molecule has 0 aliphatic heterocycles. The fraction of sp³-hybridized carbons (Fsp3) is 0.211. The number of benzene rings is 2. The molecule has 0 aliphatic carbocycles. The van der Waals surface area contributed by atoms with Crippen molar-refractivity contribution in [1.29, 1.82) is 0 Å². The number of aromatic nitrogens is 2. The van der Waals surface area contributed by atoms with Crippen LogP contribution in [0.2, 0.25) is 0 Å². The summed E-state index contributed by atoms with van der Waals surface area (Å²) in [6.45, 7) is 3.64. The van der Waals surface area contributed by atoms with Gasteiger partial charge in [0.2, 0.25) is 17.8 Å². The summed E-state index contributed by atoms with van der Waals surface area (Å²) in [6, 6.07) is 14.6. The lowest BCUT2D eigenvalue weighted by atomic mass is 10.1. The lowest BCUT2D eigenvalue weighted by molar-refractivity contribution is -0.125. The minimum Gasteiger partial charge on any atom is -0.344 e. The zero-order valence-corrected chi connectivity index (χ0v) is 14.2. The Morgan fingerprint density at radius 1 is 1.12 bits per heavy atom. The van der Waals surface area contributed by atoms with E-state index in [0.29, 0.717) is 5.95 Å². The van der Waals surface area contributed by atoms with Crippen LogP contribution in [0.5, 0.6) is 0 Å². The highest BCUT2D eigenvalue weighted by atomic mass is 16.2. The maximum atomic E-state index is 12.2. The van der Waals surface area contributed by atoms with Gasteiger partial charge in [-0.05, 0) is 31.5 Å². The molecule has 25 heavy (non-hydrogen) atoms. The largest absolute Gasteiger partial charge is 0.344 e. The lowest BCUT2D eigenvalue weighted by Gasteiger charge is -2.13. The molecule has 2 amide bonds. The van der Waals surface area contributed by atoms with E-state index in [1.54, 1.807) is 6.92 Å². The highest BCUT2D eigenvalue weighted by Crippen LogP contribution is 2.13. The molecule has 1 atom stereocenters. The number of rotatable bonds is 5. The van der Waals surface area contributed by atoms with Crippen LogP contribution in [0.15, 0.2) is 48.5 Å². The molecule has 0 bridgehead atoms. The number of anilines is 1. The van der Waals surface area contributed by atoms with E-state index < -0.39 is 6.04 Å². The van der Waals surface area contributed by atoms with Crippen LogP contribution in [0.25, 0.3) is 11.0 Å². The lowest BCUT2D eigenvalue weighted by Crippen LogP contribution is -2.42. The molecule has 1 heterocycles. The Morgan fingerprint density at radius 3 is 2.56 bits per heavy atom. The van der Waals surface area contributed by atoms with E-state index in [9.17, 15) is 9.59 Å². The molecule has 0 spiro atoms. The molecule has 0 unspecified atom stereocenters. The average Bonchev–Trinajstić information content (AvgIpc) is 2.99. The summed E-state index contributed by atoms with van der Waals surface area (Å²) >= 11 is 0. The molecule has 1 aromatic heterocycles. The Hall–Kier alpha value is -3.15. The number of fused-ring (bicyclic) bond motifs is 1. The minimum absolute atomic E-state index is 0.198. The number of para-hydroxylation sites is 2. The summed E-state index contributed by atoms with van der Waals surface area (Å²) in [5.74, 6) is -0.154. The number of imidazole rings is 1. The van der Waals surface area contributed by atoms with Gasteiger partial charge in [0.15, 0.2) is 0 Å². The molecule has 2 aromatic carbocycles. The Balaban J connectivity index is 1.56. The standard InChI is InChI=1S/C19H20N4O2/c1-12-7-9-14(10-8-12)11-17(24)20-13(2)18(25)23-19-21-15-5-3-4-6-16(15)22-19/h3-10,13H,11H2,1-2H3,(H,20,24)(H2,21,22,23,25)/t13-/m0/s1. The van der Waals surface area contributed by atoms with Crippen LogP contribution in [0, 0.1) is 6.92 Å². The van der Waals surface area contributed by atoms with Gasteiger partial charge in [-0.1, -0.05) is 42.0 Å². The van der Waals surface area contributed by atoms with Crippen molar-refractivity contribution in [3.8, 4) is 0 Å². The van der Waals surface area contributed by atoms with Crippen LogP contribution in [-0.4, -0.2) is 27.8 Å². The van der Waals surface area contributed by atoms with Crippen LogP contribution >= 0.6 is 0 Å². The van der Waals surface area contributed by atoms with Crippen molar-refractivity contribution in [3.63, 3.8) is 0 Å². The van der Waals surface area contributed by atoms with E-state index in [1.807, 2.05) is 55.5 Å². The van der Waals surface area contributed by atoms with Gasteiger partial charge in [0, 0.05) is 0 Å². The number of amides is 2. The summed E-state index contributed by atoms with van der Waals surface area (Å²) in [4.78, 5) is 31.6. The van der Waals surface area contributed by atoms with Gasteiger partial charge in [0.05, 0.1) is 17.5 Å². The van der Waals surface area contributed by atoms with Gasteiger partial charge in [-0.3, -0.25) is 14.9 Å². The monoisotopic (exact) mass is 336 g/mol. The molecular weight excluding hydrogens is 316 g/mol. The second-order valence-electron chi connectivity index (χ2n) is 6.04. The first-order valence-corrected chi connectivity index (χ1v) is 8.12. The predicted octanol–water partition coefficient (Wildman–Crippen LogP) is 2.56. The molecule has 0 saturated heterocycles. The van der Waals surface area contributed by atoms with Gasteiger partial charge < -0.3 is 10.3 Å². The molecule has 6 heteroatoms. The fourth-order valence-electron chi connectivity index (χ4n) is 2.49. The third-order valence-electron chi connectivity index (χ3n) is 3.89. The SMILES string of the molecule is Cc1ccc(CC(=O)N[C@@H](C)C(=O)Nc2nc3ccccc3[nH]2)cc1. The van der Waals surface area contributed by atoms with Crippen LogP contribution in [-0.2, 0) is 16.0 Å². The molecule has 3 N–H and O–H groups in total. The topological polar surface area (TPSA) is 86.9 Å². The maximum absolute atomic E-state index is 12.2. The third-order valence-corrected chi connectivity index (χ3v) is 3.89. The normalized spacial score (nSPS) is 11.9. The van der Waals surface area contributed by atoms with E-state index in [4.69, 9.17) is 0 Å². The van der Waals surface area contributed by atoms with Crippen LogP contribution in [0.4, 0.5) is 5.95 Å². The van der Waals surface area contributed by atoms with Gasteiger partial charge in [-0.25, -0.2) is 4.98 Å². The van der Waals surface area contributed by atoms with Crippen molar-refractivity contribution >= 4 is 28.8 Å². The highest BCUT2D eigenvalue weighted by molar-refractivity contribution is 5.97. The number of carbonyl (C=O) groups excluding carboxylic acids is 2. The van der Waals surface area contributed by atoms with Crippen LogP contribution < -0.4 is 10.6 Å². The minimum atomic E-state index is -0.661. The molecular formula is C19H20N4O2. The van der Waals surface area contributed by atoms with Crippen LogP contribution in [0.3, 0.4) is 0 Å². The fourth-order valence-corrected chi connectivity index (χ4v) is 2.49. The Kier molecular flexibility index (Phi) is 4.79. The summed E-state index contributed by atoms with van der Waals surface area (Å²) in [6.07, 6.45) is 0.239. The highest BCUT2D eigenvalue weighted by Gasteiger charge is 2.17. The molecule has 0 fully saturated rings. The van der Waals surface area contributed by atoms with Gasteiger partial charge in [0.1, 0.15) is 6.04 Å².